The van der Waals surface area contributed by atoms with Gasteiger partial charge in [-0.25, -0.2) is 0 Å². The molecule has 4 heteroatoms. The number of ether oxygens (including phenoxy) is 2. The lowest BCUT2D eigenvalue weighted by Gasteiger charge is -2.19. The van der Waals surface area contributed by atoms with E-state index in [0.29, 0.717) is 24.1 Å². The van der Waals surface area contributed by atoms with Crippen LogP contribution in [0.25, 0.3) is 0 Å². The quantitative estimate of drug-likeness (QED) is 0.917. The summed E-state index contributed by atoms with van der Waals surface area (Å²) in [5.41, 5.74) is 7.60. The summed E-state index contributed by atoms with van der Waals surface area (Å²) in [6.07, 6.45) is 0. The molecule has 0 bridgehead atoms. The van der Waals surface area contributed by atoms with E-state index in [4.69, 9.17) is 15.2 Å². The zero-order chi connectivity index (χ0) is 15.5. The molecular formula is C17H22N2O2. The van der Waals surface area contributed by atoms with Crippen molar-refractivity contribution in [3.05, 3.63) is 42.0 Å². The van der Waals surface area contributed by atoms with Crippen LogP contribution in [0.2, 0.25) is 0 Å². The molecule has 2 N–H and O–H groups in total. The van der Waals surface area contributed by atoms with Gasteiger partial charge in [0.25, 0.3) is 0 Å². The van der Waals surface area contributed by atoms with Crippen molar-refractivity contribution < 1.29 is 9.47 Å². The number of nitrogens with two attached hydrogens (primary N) is 1. The topological polar surface area (TPSA) is 57.4 Å². The van der Waals surface area contributed by atoms with Crippen LogP contribution in [-0.2, 0) is 5.41 Å². The van der Waals surface area contributed by atoms with Gasteiger partial charge >= 0.3 is 0 Å². The van der Waals surface area contributed by atoms with E-state index in [1.807, 2.05) is 25.1 Å². The normalized spacial score (nSPS) is 11.2. The van der Waals surface area contributed by atoms with E-state index in [0.717, 1.165) is 5.75 Å². The fraction of sp³-hybridized carbons (Fsp3) is 0.353. The molecule has 1 heterocycles. The lowest BCUT2D eigenvalue weighted by molar-refractivity contribution is 0.323. The lowest BCUT2D eigenvalue weighted by Crippen LogP contribution is -2.10. The van der Waals surface area contributed by atoms with Gasteiger partial charge in [0.15, 0.2) is 0 Å². The predicted molar refractivity (Wildman–Crippen MR) is 85.0 cm³/mol. The Morgan fingerprint density at radius 2 is 1.90 bits per heavy atom. The van der Waals surface area contributed by atoms with Crippen molar-refractivity contribution in [3.8, 4) is 17.5 Å². The van der Waals surface area contributed by atoms with Gasteiger partial charge in [-0.05, 0) is 36.1 Å². The molecule has 0 aliphatic heterocycles. The molecule has 4 nitrogen and oxygen atoms in total. The van der Waals surface area contributed by atoms with Crippen molar-refractivity contribution in [3.63, 3.8) is 0 Å². The highest BCUT2D eigenvalue weighted by Crippen LogP contribution is 2.29. The molecule has 1 aromatic carbocycles. The molecule has 1 aromatic heterocycles. The molecule has 0 saturated heterocycles. The summed E-state index contributed by atoms with van der Waals surface area (Å²) < 4.78 is 11.2. The van der Waals surface area contributed by atoms with Gasteiger partial charge < -0.3 is 15.2 Å². The van der Waals surface area contributed by atoms with Gasteiger partial charge in [-0.15, -0.1) is 0 Å². The molecule has 0 aliphatic rings. The molecule has 2 rings (SSSR count). The van der Waals surface area contributed by atoms with E-state index in [1.165, 1.54) is 5.56 Å². The number of benzene rings is 1. The minimum atomic E-state index is 0.0738. The number of nitrogens with zero attached hydrogens (tertiary/aromatic N) is 1. The Hall–Kier alpha value is -2.23. The molecule has 2 aromatic rings. The van der Waals surface area contributed by atoms with Gasteiger partial charge in [0, 0.05) is 6.07 Å². The first-order chi connectivity index (χ1) is 9.90. The van der Waals surface area contributed by atoms with Crippen LogP contribution in [0.5, 0.6) is 17.5 Å². The summed E-state index contributed by atoms with van der Waals surface area (Å²) in [6, 6.07) is 11.5. The molecular weight excluding hydrogens is 264 g/mol. The molecule has 0 saturated carbocycles. The van der Waals surface area contributed by atoms with E-state index in [2.05, 4.69) is 31.8 Å². The van der Waals surface area contributed by atoms with E-state index >= 15 is 0 Å². The second-order valence-electron chi connectivity index (χ2n) is 5.86. The SMILES string of the molecule is CCOc1nc(Oc2cccc(C(C)(C)C)c2)ccc1N. The highest BCUT2D eigenvalue weighted by atomic mass is 16.5. The van der Waals surface area contributed by atoms with Crippen LogP contribution in [0.3, 0.4) is 0 Å². The van der Waals surface area contributed by atoms with Gasteiger partial charge in [0.1, 0.15) is 5.75 Å². The Morgan fingerprint density at radius 3 is 2.57 bits per heavy atom. The Kier molecular flexibility index (Phi) is 4.36. The number of anilines is 1. The molecule has 0 amide bonds. The zero-order valence-corrected chi connectivity index (χ0v) is 13.0. The number of aromatic nitrogens is 1. The second-order valence-corrected chi connectivity index (χ2v) is 5.86. The Balaban J connectivity index is 2.24. The van der Waals surface area contributed by atoms with Crippen molar-refractivity contribution in [1.29, 1.82) is 0 Å². The van der Waals surface area contributed by atoms with Gasteiger partial charge in [-0.3, -0.25) is 0 Å². The highest BCUT2D eigenvalue weighted by molar-refractivity contribution is 5.49. The molecule has 0 aliphatic carbocycles. The average Bonchev–Trinajstić information content (AvgIpc) is 2.42. The minimum Gasteiger partial charge on any atom is -0.476 e. The van der Waals surface area contributed by atoms with Crippen molar-refractivity contribution in [1.82, 2.24) is 4.98 Å². The lowest BCUT2D eigenvalue weighted by atomic mass is 9.87. The number of rotatable bonds is 4. The Morgan fingerprint density at radius 1 is 1.14 bits per heavy atom. The minimum absolute atomic E-state index is 0.0738. The zero-order valence-electron chi connectivity index (χ0n) is 13.0. The van der Waals surface area contributed by atoms with Crippen LogP contribution in [-0.4, -0.2) is 11.6 Å². The van der Waals surface area contributed by atoms with Gasteiger partial charge in [0.05, 0.1) is 12.3 Å². The van der Waals surface area contributed by atoms with Crippen molar-refractivity contribution in [2.75, 3.05) is 12.3 Å². The van der Waals surface area contributed by atoms with Crippen molar-refractivity contribution >= 4 is 5.69 Å². The molecule has 21 heavy (non-hydrogen) atoms. The third kappa shape index (κ3) is 3.88. The molecule has 0 unspecified atom stereocenters. The van der Waals surface area contributed by atoms with Gasteiger partial charge in [-0.2, -0.15) is 4.98 Å². The molecule has 0 spiro atoms. The van der Waals surface area contributed by atoms with E-state index in [1.54, 1.807) is 12.1 Å². The summed E-state index contributed by atoms with van der Waals surface area (Å²) in [6.45, 7) is 8.91. The van der Waals surface area contributed by atoms with Crippen LogP contribution in [0.15, 0.2) is 36.4 Å². The largest absolute Gasteiger partial charge is 0.476 e. The second kappa shape index (κ2) is 6.04. The summed E-state index contributed by atoms with van der Waals surface area (Å²) in [7, 11) is 0. The monoisotopic (exact) mass is 286 g/mol. The molecule has 0 atom stereocenters. The van der Waals surface area contributed by atoms with Gasteiger partial charge in [0.2, 0.25) is 11.8 Å². The summed E-state index contributed by atoms with van der Waals surface area (Å²) >= 11 is 0. The van der Waals surface area contributed by atoms with Crippen LogP contribution >= 0.6 is 0 Å². The molecule has 112 valence electrons. The van der Waals surface area contributed by atoms with E-state index < -0.39 is 0 Å². The summed E-state index contributed by atoms with van der Waals surface area (Å²) in [5.74, 6) is 1.63. The first kappa shape index (κ1) is 15.2. The van der Waals surface area contributed by atoms with Crippen LogP contribution in [0.4, 0.5) is 5.69 Å². The molecule has 0 fully saturated rings. The maximum atomic E-state index is 5.81. The Bertz CT molecular complexity index is 618. The van der Waals surface area contributed by atoms with E-state index in [-0.39, 0.29) is 5.41 Å². The number of nitrogen functional groups attached to an aromatic ring is 1. The third-order valence-electron chi connectivity index (χ3n) is 3.07. The average molecular weight is 286 g/mol. The van der Waals surface area contributed by atoms with Crippen molar-refractivity contribution in [2.45, 2.75) is 33.1 Å². The first-order valence-corrected chi connectivity index (χ1v) is 7.08. The number of pyridine rings is 1. The number of hydrogen-bond acceptors (Lipinski definition) is 4. The summed E-state index contributed by atoms with van der Waals surface area (Å²) in [5, 5.41) is 0. The maximum Gasteiger partial charge on any atom is 0.240 e. The number of hydrogen-bond donors (Lipinski definition) is 1. The standard InChI is InChI=1S/C17H22N2O2/c1-5-20-16-14(18)9-10-15(19-16)21-13-8-6-7-12(11-13)17(2,3)4/h6-11H,5,18H2,1-4H3. The fourth-order valence-corrected chi connectivity index (χ4v) is 1.89. The maximum absolute atomic E-state index is 5.81. The van der Waals surface area contributed by atoms with Crippen molar-refractivity contribution in [2.24, 2.45) is 0 Å². The van der Waals surface area contributed by atoms with Crippen LogP contribution in [0, 0.1) is 0 Å². The Labute approximate surface area is 125 Å². The predicted octanol–water partition coefficient (Wildman–Crippen LogP) is 4.15. The summed E-state index contributed by atoms with van der Waals surface area (Å²) in [4.78, 5) is 4.28. The highest BCUT2D eigenvalue weighted by Gasteiger charge is 2.14. The van der Waals surface area contributed by atoms with Crippen LogP contribution < -0.4 is 15.2 Å². The first-order valence-electron chi connectivity index (χ1n) is 7.08. The van der Waals surface area contributed by atoms with Gasteiger partial charge in [-0.1, -0.05) is 32.9 Å². The smallest absolute Gasteiger partial charge is 0.240 e. The molecule has 0 radical (unpaired) electrons. The fourth-order valence-electron chi connectivity index (χ4n) is 1.89. The van der Waals surface area contributed by atoms with Crippen LogP contribution in [0.1, 0.15) is 33.3 Å². The third-order valence-corrected chi connectivity index (χ3v) is 3.07. The van der Waals surface area contributed by atoms with E-state index in [9.17, 15) is 0 Å².